The number of hydrogen-bond donors (Lipinski definition) is 0. The standard InChI is InChI=1S/C18H11N3O3S2/c1-11-8-14(21(23)24)6-7-15(11)20-17(22)16(26-18(20)25)9-12-2-4-13(10-19)5-3-12/h2-9H,1H3/b16-9-. The van der Waals surface area contributed by atoms with Crippen LogP contribution in [0.25, 0.3) is 6.08 Å². The van der Waals surface area contributed by atoms with E-state index in [4.69, 9.17) is 17.5 Å². The average molecular weight is 381 g/mol. The number of aryl methyl sites for hydroxylation is 1. The molecule has 0 unspecified atom stereocenters. The van der Waals surface area contributed by atoms with E-state index in [9.17, 15) is 14.9 Å². The summed E-state index contributed by atoms with van der Waals surface area (Å²) in [6.45, 7) is 1.70. The van der Waals surface area contributed by atoms with E-state index in [0.717, 1.165) is 5.56 Å². The Morgan fingerprint density at radius 2 is 1.96 bits per heavy atom. The van der Waals surface area contributed by atoms with Crippen molar-refractivity contribution in [3.05, 3.63) is 74.2 Å². The SMILES string of the molecule is Cc1cc([N+](=O)[O-])ccc1N1C(=O)/C(=C/c2ccc(C#N)cc2)SC1=S. The molecule has 0 spiro atoms. The highest BCUT2D eigenvalue weighted by Gasteiger charge is 2.34. The van der Waals surface area contributed by atoms with Gasteiger partial charge in [-0.05, 0) is 42.3 Å². The van der Waals surface area contributed by atoms with Crippen molar-refractivity contribution >= 4 is 51.7 Å². The molecule has 1 amide bonds. The molecule has 0 atom stereocenters. The van der Waals surface area contributed by atoms with E-state index in [0.29, 0.717) is 26.0 Å². The van der Waals surface area contributed by atoms with Crippen LogP contribution in [0.4, 0.5) is 11.4 Å². The summed E-state index contributed by atoms with van der Waals surface area (Å²) in [5.74, 6) is -0.277. The topological polar surface area (TPSA) is 87.2 Å². The van der Waals surface area contributed by atoms with Gasteiger partial charge in [-0.1, -0.05) is 36.1 Å². The number of non-ortho nitro benzene ring substituents is 1. The highest BCUT2D eigenvalue weighted by molar-refractivity contribution is 8.27. The van der Waals surface area contributed by atoms with Crippen LogP contribution in [0.3, 0.4) is 0 Å². The third-order valence-electron chi connectivity index (χ3n) is 3.76. The van der Waals surface area contributed by atoms with Crippen LogP contribution in [0.15, 0.2) is 47.4 Å². The fraction of sp³-hybridized carbons (Fsp3) is 0.0556. The molecule has 0 aliphatic carbocycles. The summed E-state index contributed by atoms with van der Waals surface area (Å²) in [4.78, 5) is 25.0. The van der Waals surface area contributed by atoms with Gasteiger partial charge in [-0.2, -0.15) is 5.26 Å². The first-order chi connectivity index (χ1) is 12.4. The summed E-state index contributed by atoms with van der Waals surface area (Å²) in [7, 11) is 0. The number of nitro groups is 1. The van der Waals surface area contributed by atoms with E-state index in [1.807, 2.05) is 6.07 Å². The molecular weight excluding hydrogens is 370 g/mol. The molecule has 0 bridgehead atoms. The lowest BCUT2D eigenvalue weighted by Crippen LogP contribution is -2.28. The third kappa shape index (κ3) is 3.35. The Balaban J connectivity index is 1.93. The molecule has 0 N–H and O–H groups in total. The first-order valence-corrected chi connectivity index (χ1v) is 8.66. The maximum atomic E-state index is 12.8. The van der Waals surface area contributed by atoms with Crippen LogP contribution in [0.1, 0.15) is 16.7 Å². The molecule has 0 saturated carbocycles. The zero-order valence-corrected chi connectivity index (χ0v) is 15.1. The molecule has 128 valence electrons. The molecule has 1 aliphatic heterocycles. The first kappa shape index (κ1) is 17.8. The fourth-order valence-corrected chi connectivity index (χ4v) is 3.77. The predicted octanol–water partition coefficient (Wildman–Crippen LogP) is 4.18. The minimum absolute atomic E-state index is 0.0372. The van der Waals surface area contributed by atoms with Crippen molar-refractivity contribution in [3.8, 4) is 6.07 Å². The van der Waals surface area contributed by atoms with E-state index in [1.165, 1.54) is 34.9 Å². The number of thioether (sulfide) groups is 1. The number of rotatable bonds is 3. The molecule has 2 aromatic rings. The Morgan fingerprint density at radius 3 is 2.54 bits per heavy atom. The Morgan fingerprint density at radius 1 is 1.27 bits per heavy atom. The van der Waals surface area contributed by atoms with Crippen LogP contribution < -0.4 is 4.90 Å². The van der Waals surface area contributed by atoms with E-state index >= 15 is 0 Å². The van der Waals surface area contributed by atoms with Gasteiger partial charge in [-0.25, -0.2) is 0 Å². The zero-order chi connectivity index (χ0) is 18.8. The number of nitro benzene ring substituents is 1. The summed E-state index contributed by atoms with van der Waals surface area (Å²) in [6.07, 6.45) is 1.71. The molecule has 0 aromatic heterocycles. The molecule has 8 heteroatoms. The molecular formula is C18H11N3O3S2. The Hall–Kier alpha value is -3.02. The predicted molar refractivity (Wildman–Crippen MR) is 105 cm³/mol. The Labute approximate surface area is 158 Å². The highest BCUT2D eigenvalue weighted by Crippen LogP contribution is 2.38. The van der Waals surface area contributed by atoms with Crippen molar-refractivity contribution in [3.63, 3.8) is 0 Å². The number of thiocarbonyl (C=S) groups is 1. The van der Waals surface area contributed by atoms with Crippen molar-refractivity contribution in [2.75, 3.05) is 4.90 Å². The molecule has 1 aliphatic rings. The Kier molecular flexibility index (Phi) is 4.84. The van der Waals surface area contributed by atoms with Gasteiger partial charge in [0.1, 0.15) is 0 Å². The fourth-order valence-electron chi connectivity index (χ4n) is 2.48. The van der Waals surface area contributed by atoms with Crippen molar-refractivity contribution in [1.29, 1.82) is 5.26 Å². The van der Waals surface area contributed by atoms with Crippen LogP contribution in [-0.4, -0.2) is 15.2 Å². The largest absolute Gasteiger partial charge is 0.270 e. The number of benzene rings is 2. The van der Waals surface area contributed by atoms with Crippen molar-refractivity contribution < 1.29 is 9.72 Å². The molecule has 26 heavy (non-hydrogen) atoms. The number of carbonyl (C=O) groups excluding carboxylic acids is 1. The molecule has 3 rings (SSSR count). The lowest BCUT2D eigenvalue weighted by atomic mass is 10.1. The van der Waals surface area contributed by atoms with Gasteiger partial charge in [-0.15, -0.1) is 0 Å². The summed E-state index contributed by atoms with van der Waals surface area (Å²) < 4.78 is 0.367. The second kappa shape index (κ2) is 7.07. The van der Waals surface area contributed by atoms with Crippen molar-refractivity contribution in [2.45, 2.75) is 6.92 Å². The summed E-state index contributed by atoms with van der Waals surface area (Å²) >= 11 is 6.50. The highest BCUT2D eigenvalue weighted by atomic mass is 32.2. The average Bonchev–Trinajstić information content (AvgIpc) is 2.89. The summed E-state index contributed by atoms with van der Waals surface area (Å²) in [5, 5.41) is 19.7. The van der Waals surface area contributed by atoms with Gasteiger partial charge in [0.25, 0.3) is 11.6 Å². The van der Waals surface area contributed by atoms with Crippen LogP contribution in [0, 0.1) is 28.4 Å². The lowest BCUT2D eigenvalue weighted by Gasteiger charge is -2.16. The minimum atomic E-state index is -0.480. The maximum absolute atomic E-state index is 12.8. The maximum Gasteiger partial charge on any atom is 0.270 e. The molecule has 1 saturated heterocycles. The number of nitriles is 1. The minimum Gasteiger partial charge on any atom is -0.268 e. The number of anilines is 1. The van der Waals surface area contributed by atoms with Crippen LogP contribution in [-0.2, 0) is 4.79 Å². The van der Waals surface area contributed by atoms with Gasteiger partial charge in [0, 0.05) is 12.1 Å². The van der Waals surface area contributed by atoms with Crippen molar-refractivity contribution in [2.24, 2.45) is 0 Å². The smallest absolute Gasteiger partial charge is 0.268 e. The lowest BCUT2D eigenvalue weighted by molar-refractivity contribution is -0.384. The van der Waals surface area contributed by atoms with Gasteiger partial charge in [0.05, 0.1) is 27.1 Å². The molecule has 2 aromatic carbocycles. The third-order valence-corrected chi connectivity index (χ3v) is 5.07. The summed E-state index contributed by atoms with van der Waals surface area (Å²) in [5.41, 5.74) is 2.40. The van der Waals surface area contributed by atoms with Crippen LogP contribution in [0.2, 0.25) is 0 Å². The second-order valence-corrected chi connectivity index (χ2v) is 7.15. The first-order valence-electron chi connectivity index (χ1n) is 7.44. The van der Waals surface area contributed by atoms with Crippen LogP contribution in [0.5, 0.6) is 0 Å². The van der Waals surface area contributed by atoms with Crippen LogP contribution >= 0.6 is 24.0 Å². The van der Waals surface area contributed by atoms with E-state index in [2.05, 4.69) is 0 Å². The zero-order valence-electron chi connectivity index (χ0n) is 13.5. The van der Waals surface area contributed by atoms with Gasteiger partial charge in [0.2, 0.25) is 0 Å². The molecule has 0 radical (unpaired) electrons. The van der Waals surface area contributed by atoms with Gasteiger partial charge < -0.3 is 0 Å². The van der Waals surface area contributed by atoms with Gasteiger partial charge in [-0.3, -0.25) is 19.8 Å². The monoisotopic (exact) mass is 381 g/mol. The van der Waals surface area contributed by atoms with E-state index in [1.54, 1.807) is 37.3 Å². The molecule has 6 nitrogen and oxygen atoms in total. The van der Waals surface area contributed by atoms with E-state index in [-0.39, 0.29) is 11.6 Å². The summed E-state index contributed by atoms with van der Waals surface area (Å²) in [6, 6.07) is 13.2. The quantitative estimate of drug-likeness (QED) is 0.343. The number of carbonyl (C=O) groups is 1. The molecule has 1 fully saturated rings. The normalized spacial score (nSPS) is 15.4. The Bertz CT molecular complexity index is 1010. The number of hydrogen-bond acceptors (Lipinski definition) is 6. The molecule has 1 heterocycles. The van der Waals surface area contributed by atoms with E-state index < -0.39 is 4.92 Å². The van der Waals surface area contributed by atoms with Gasteiger partial charge in [0.15, 0.2) is 4.32 Å². The number of amides is 1. The van der Waals surface area contributed by atoms with Crippen molar-refractivity contribution in [1.82, 2.24) is 0 Å². The number of nitrogens with zero attached hydrogens (tertiary/aromatic N) is 3. The van der Waals surface area contributed by atoms with Gasteiger partial charge >= 0.3 is 0 Å². The second-order valence-electron chi connectivity index (χ2n) is 5.48.